The zero-order valence-corrected chi connectivity index (χ0v) is 10.5. The second kappa shape index (κ2) is 6.74. The molecule has 1 aliphatic carbocycles. The highest BCUT2D eigenvalue weighted by Gasteiger charge is 2.25. The van der Waals surface area contributed by atoms with Crippen LogP contribution in [-0.2, 0) is 9.47 Å². The lowest BCUT2D eigenvalue weighted by Crippen LogP contribution is -2.32. The van der Waals surface area contributed by atoms with Crippen molar-refractivity contribution >= 4 is 6.09 Å². The number of carbonyl (C=O) groups is 1. The summed E-state index contributed by atoms with van der Waals surface area (Å²) < 4.78 is 10.8. The Bertz CT molecular complexity index is 220. The molecule has 94 valence electrons. The Morgan fingerprint density at radius 3 is 2.62 bits per heavy atom. The van der Waals surface area contributed by atoms with Gasteiger partial charge in [-0.3, -0.25) is 0 Å². The van der Waals surface area contributed by atoms with Crippen LogP contribution in [-0.4, -0.2) is 32.5 Å². The van der Waals surface area contributed by atoms with Crippen molar-refractivity contribution in [2.45, 2.75) is 51.2 Å². The van der Waals surface area contributed by atoms with Crippen molar-refractivity contribution in [1.29, 1.82) is 0 Å². The third kappa shape index (κ3) is 4.00. The number of methoxy groups -OCH3 is 1. The molecule has 3 unspecified atom stereocenters. The van der Waals surface area contributed by atoms with Gasteiger partial charge in [0.25, 0.3) is 0 Å². The molecule has 1 fully saturated rings. The van der Waals surface area contributed by atoms with E-state index in [-0.39, 0.29) is 12.2 Å². The molecule has 1 aliphatic rings. The molecule has 0 radical (unpaired) electrons. The molecule has 0 aliphatic heterocycles. The van der Waals surface area contributed by atoms with Gasteiger partial charge in [-0.2, -0.15) is 0 Å². The first-order chi connectivity index (χ1) is 7.67. The first-order valence-corrected chi connectivity index (χ1v) is 6.08. The molecule has 0 bridgehead atoms. The molecular formula is C12H23NO3. The number of amides is 1. The van der Waals surface area contributed by atoms with Gasteiger partial charge < -0.3 is 14.8 Å². The summed E-state index contributed by atoms with van der Waals surface area (Å²) in [6.07, 6.45) is 5.29. The van der Waals surface area contributed by atoms with Gasteiger partial charge in [-0.05, 0) is 38.0 Å². The summed E-state index contributed by atoms with van der Waals surface area (Å²) in [4.78, 5) is 11.2. The molecule has 4 nitrogen and oxygen atoms in total. The summed E-state index contributed by atoms with van der Waals surface area (Å²) in [6, 6.07) is 0. The van der Waals surface area contributed by atoms with Gasteiger partial charge in [0.1, 0.15) is 6.10 Å². The van der Waals surface area contributed by atoms with Crippen LogP contribution in [0.25, 0.3) is 0 Å². The van der Waals surface area contributed by atoms with Crippen molar-refractivity contribution < 1.29 is 14.3 Å². The molecule has 4 heteroatoms. The normalized spacial score (nSPS) is 31.3. The fourth-order valence-corrected chi connectivity index (χ4v) is 2.22. The SMILES string of the molecule is CNC(=O)OC1CCCC(OC)CCC1C. The Hall–Kier alpha value is -0.770. The lowest BCUT2D eigenvalue weighted by Gasteiger charge is -2.28. The molecule has 16 heavy (non-hydrogen) atoms. The summed E-state index contributed by atoms with van der Waals surface area (Å²) >= 11 is 0. The van der Waals surface area contributed by atoms with Crippen molar-refractivity contribution in [3.05, 3.63) is 0 Å². The molecular weight excluding hydrogens is 206 g/mol. The number of carbonyl (C=O) groups excluding carboxylic acids is 1. The standard InChI is InChI=1S/C12H23NO3/c1-9-7-8-10(15-3)5-4-6-11(9)16-12(14)13-2/h9-11H,4-8H2,1-3H3,(H,13,14). The van der Waals surface area contributed by atoms with Crippen LogP contribution in [0.5, 0.6) is 0 Å². The van der Waals surface area contributed by atoms with E-state index in [4.69, 9.17) is 9.47 Å². The number of hydrogen-bond donors (Lipinski definition) is 1. The van der Waals surface area contributed by atoms with Crippen LogP contribution < -0.4 is 5.32 Å². The Morgan fingerprint density at radius 2 is 2.00 bits per heavy atom. The van der Waals surface area contributed by atoms with E-state index in [1.54, 1.807) is 14.2 Å². The topological polar surface area (TPSA) is 47.6 Å². The minimum atomic E-state index is -0.319. The second-order valence-corrected chi connectivity index (χ2v) is 4.54. The van der Waals surface area contributed by atoms with Gasteiger partial charge in [-0.25, -0.2) is 4.79 Å². The fraction of sp³-hybridized carbons (Fsp3) is 0.917. The summed E-state index contributed by atoms with van der Waals surface area (Å²) in [5, 5.41) is 2.50. The second-order valence-electron chi connectivity index (χ2n) is 4.54. The molecule has 0 aromatic heterocycles. The lowest BCUT2D eigenvalue weighted by atomic mass is 9.89. The van der Waals surface area contributed by atoms with Gasteiger partial charge >= 0.3 is 6.09 Å². The highest BCUT2D eigenvalue weighted by atomic mass is 16.6. The average Bonchev–Trinajstić information content (AvgIpc) is 2.28. The number of rotatable bonds is 2. The maximum absolute atomic E-state index is 11.2. The molecule has 1 rings (SSSR count). The maximum atomic E-state index is 11.2. The van der Waals surface area contributed by atoms with Gasteiger partial charge in [0, 0.05) is 14.2 Å². The molecule has 3 atom stereocenters. The number of alkyl carbamates (subject to hydrolysis) is 1. The van der Waals surface area contributed by atoms with E-state index in [0.29, 0.717) is 12.0 Å². The average molecular weight is 229 g/mol. The number of hydrogen-bond acceptors (Lipinski definition) is 3. The zero-order valence-electron chi connectivity index (χ0n) is 10.5. The van der Waals surface area contributed by atoms with Crippen LogP contribution in [0.15, 0.2) is 0 Å². The van der Waals surface area contributed by atoms with Crippen LogP contribution in [0.3, 0.4) is 0 Å². The molecule has 0 aromatic rings. The quantitative estimate of drug-likeness (QED) is 0.790. The van der Waals surface area contributed by atoms with Crippen molar-refractivity contribution in [3.8, 4) is 0 Å². The van der Waals surface area contributed by atoms with Crippen LogP contribution >= 0.6 is 0 Å². The molecule has 1 N–H and O–H groups in total. The summed E-state index contributed by atoms with van der Waals surface area (Å²) in [5.74, 6) is 0.412. The third-order valence-electron chi connectivity index (χ3n) is 3.39. The monoisotopic (exact) mass is 229 g/mol. The first kappa shape index (κ1) is 13.3. The molecule has 0 heterocycles. The van der Waals surface area contributed by atoms with Crippen molar-refractivity contribution in [1.82, 2.24) is 5.32 Å². The third-order valence-corrected chi connectivity index (χ3v) is 3.39. The van der Waals surface area contributed by atoms with E-state index >= 15 is 0 Å². The zero-order chi connectivity index (χ0) is 12.0. The van der Waals surface area contributed by atoms with Crippen LogP contribution in [0, 0.1) is 5.92 Å². The molecule has 0 aromatic carbocycles. The molecule has 0 saturated heterocycles. The van der Waals surface area contributed by atoms with Gasteiger partial charge in [-0.15, -0.1) is 0 Å². The van der Waals surface area contributed by atoms with Crippen LogP contribution in [0.2, 0.25) is 0 Å². The Balaban J connectivity index is 2.44. The smallest absolute Gasteiger partial charge is 0.407 e. The van der Waals surface area contributed by atoms with E-state index < -0.39 is 0 Å². The van der Waals surface area contributed by atoms with Crippen molar-refractivity contribution in [2.24, 2.45) is 5.92 Å². The predicted molar refractivity (Wildman–Crippen MR) is 62.4 cm³/mol. The van der Waals surface area contributed by atoms with E-state index in [2.05, 4.69) is 12.2 Å². The summed E-state index contributed by atoms with van der Waals surface area (Å²) in [5.41, 5.74) is 0. The largest absolute Gasteiger partial charge is 0.446 e. The van der Waals surface area contributed by atoms with Crippen molar-refractivity contribution in [3.63, 3.8) is 0 Å². The maximum Gasteiger partial charge on any atom is 0.407 e. The first-order valence-electron chi connectivity index (χ1n) is 6.08. The summed E-state index contributed by atoms with van der Waals surface area (Å²) in [6.45, 7) is 2.14. The molecule has 0 spiro atoms. The fourth-order valence-electron chi connectivity index (χ4n) is 2.22. The molecule has 1 saturated carbocycles. The van der Waals surface area contributed by atoms with Gasteiger partial charge in [0.2, 0.25) is 0 Å². The van der Waals surface area contributed by atoms with Crippen LogP contribution in [0.4, 0.5) is 4.79 Å². The van der Waals surface area contributed by atoms with E-state index in [9.17, 15) is 4.79 Å². The van der Waals surface area contributed by atoms with E-state index in [0.717, 1.165) is 32.1 Å². The van der Waals surface area contributed by atoms with E-state index in [1.807, 2.05) is 0 Å². The van der Waals surface area contributed by atoms with Gasteiger partial charge in [0.05, 0.1) is 6.10 Å². The minimum Gasteiger partial charge on any atom is -0.446 e. The Labute approximate surface area is 97.7 Å². The van der Waals surface area contributed by atoms with Crippen LogP contribution in [0.1, 0.15) is 39.0 Å². The predicted octanol–water partition coefficient (Wildman–Crippen LogP) is 2.33. The number of ether oxygens (including phenoxy) is 2. The Morgan fingerprint density at radius 1 is 1.25 bits per heavy atom. The lowest BCUT2D eigenvalue weighted by molar-refractivity contribution is 0.0244. The van der Waals surface area contributed by atoms with E-state index in [1.165, 1.54) is 0 Å². The Kier molecular flexibility index (Phi) is 5.60. The number of nitrogens with one attached hydrogen (secondary N) is 1. The highest BCUT2D eigenvalue weighted by Crippen LogP contribution is 2.26. The van der Waals surface area contributed by atoms with Crippen molar-refractivity contribution in [2.75, 3.05) is 14.2 Å². The highest BCUT2D eigenvalue weighted by molar-refractivity contribution is 5.66. The summed E-state index contributed by atoms with van der Waals surface area (Å²) in [7, 11) is 3.37. The van der Waals surface area contributed by atoms with Gasteiger partial charge in [-0.1, -0.05) is 6.92 Å². The minimum absolute atomic E-state index is 0.0535. The molecule has 1 amide bonds. The van der Waals surface area contributed by atoms with Gasteiger partial charge in [0.15, 0.2) is 0 Å².